The molecule has 3 aromatic rings. The molecule has 0 radical (unpaired) electrons. The molecule has 0 unspecified atom stereocenters. The average Bonchev–Trinajstić information content (AvgIpc) is 3.61. The van der Waals surface area contributed by atoms with Gasteiger partial charge in [0.1, 0.15) is 5.69 Å². The maximum absolute atomic E-state index is 14.1. The van der Waals surface area contributed by atoms with Gasteiger partial charge in [0.05, 0.1) is 16.7 Å². The van der Waals surface area contributed by atoms with Crippen LogP contribution < -0.4 is 5.73 Å². The van der Waals surface area contributed by atoms with Crippen LogP contribution in [0.15, 0.2) is 34.7 Å². The number of hydrogen-bond donors (Lipinski definition) is 2. The normalized spacial score (nSPS) is 21.2. The summed E-state index contributed by atoms with van der Waals surface area (Å²) in [4.78, 5) is 18.3. The molecule has 8 nitrogen and oxygen atoms in total. The minimum absolute atomic E-state index is 0.0348. The molecule has 0 saturated heterocycles. The van der Waals surface area contributed by atoms with E-state index >= 15 is 0 Å². The first kappa shape index (κ1) is 31.5. The van der Waals surface area contributed by atoms with Crippen LogP contribution in [-0.4, -0.2) is 50.0 Å². The van der Waals surface area contributed by atoms with Crippen LogP contribution in [0.2, 0.25) is 0 Å². The monoisotopic (exact) mass is 637 g/mol. The number of fused-ring (bicyclic) bond motifs is 5. The maximum atomic E-state index is 14.1. The molecule has 3 N–H and O–H groups in total. The summed E-state index contributed by atoms with van der Waals surface area (Å²) in [5.74, 6) is -3.41. The number of nitrogens with zero attached hydrogens (tertiary/aromatic N) is 4. The number of carbonyl (C=O) groups excluding carboxylic acids is 1. The third-order valence-corrected chi connectivity index (χ3v) is 7.91. The summed E-state index contributed by atoms with van der Waals surface area (Å²) in [5.41, 5.74) is -4.03. The minimum Gasteiger partial charge on any atom is -0.416 e. The van der Waals surface area contributed by atoms with Gasteiger partial charge in [0.2, 0.25) is 5.60 Å². The van der Waals surface area contributed by atoms with Gasteiger partial charge in [0, 0.05) is 13.1 Å². The summed E-state index contributed by atoms with van der Waals surface area (Å²) in [6, 6.07) is 5.61. The highest BCUT2D eigenvalue weighted by molar-refractivity contribution is 5.95. The number of anilines is 1. The van der Waals surface area contributed by atoms with Crippen molar-refractivity contribution in [2.75, 3.05) is 12.3 Å². The van der Waals surface area contributed by atoms with Crippen LogP contribution >= 0.6 is 0 Å². The van der Waals surface area contributed by atoms with Crippen LogP contribution in [0.25, 0.3) is 11.6 Å². The highest BCUT2D eigenvalue weighted by Gasteiger charge is 2.64. The third kappa shape index (κ3) is 5.57. The number of nitrogen functional groups attached to an aromatic ring is 1. The molecule has 1 fully saturated rings. The topological polar surface area (TPSA) is 118 Å². The van der Waals surface area contributed by atoms with Gasteiger partial charge >= 0.3 is 18.5 Å². The first-order valence-corrected chi connectivity index (χ1v) is 13.3. The molecule has 3 heterocycles. The van der Waals surface area contributed by atoms with Gasteiger partial charge in [-0.3, -0.25) is 4.79 Å². The van der Waals surface area contributed by atoms with Crippen LogP contribution in [0, 0.1) is 0 Å². The smallest absolute Gasteiger partial charge is 0.416 e. The third-order valence-electron chi connectivity index (χ3n) is 7.91. The van der Waals surface area contributed by atoms with Crippen LogP contribution in [0.3, 0.4) is 0 Å². The number of amides is 1. The lowest BCUT2D eigenvalue weighted by molar-refractivity contribution is -0.277. The molecule has 1 aliphatic heterocycles. The predicted octanol–water partition coefficient (Wildman–Crippen LogP) is 6.29. The Morgan fingerprint density at radius 1 is 0.909 bits per heavy atom. The van der Waals surface area contributed by atoms with Crippen LogP contribution in [0.4, 0.5) is 45.2 Å². The highest BCUT2D eigenvalue weighted by atomic mass is 19.4. The molecule has 1 atom stereocenters. The molecular weight excluding hydrogens is 613 g/mol. The second-order valence-electron chi connectivity index (χ2n) is 10.9. The molecule has 1 amide bonds. The van der Waals surface area contributed by atoms with Crippen molar-refractivity contribution in [3.8, 4) is 11.6 Å². The number of halogens is 9. The van der Waals surface area contributed by atoms with E-state index in [1.54, 1.807) is 0 Å². The Kier molecular flexibility index (Phi) is 7.62. The van der Waals surface area contributed by atoms with Gasteiger partial charge in [-0.1, -0.05) is 30.7 Å². The number of rotatable bonds is 3. The summed E-state index contributed by atoms with van der Waals surface area (Å²) in [6.45, 7) is -0.731. The Bertz CT molecular complexity index is 1560. The molecule has 1 aromatic carbocycles. The van der Waals surface area contributed by atoms with Gasteiger partial charge in [0.25, 0.3) is 17.7 Å². The van der Waals surface area contributed by atoms with Gasteiger partial charge < -0.3 is 20.2 Å². The summed E-state index contributed by atoms with van der Waals surface area (Å²) >= 11 is 0. The van der Waals surface area contributed by atoms with Crippen molar-refractivity contribution < 1.29 is 53.8 Å². The summed E-state index contributed by atoms with van der Waals surface area (Å²) < 4.78 is 130. The number of aromatic nitrogens is 3. The fraction of sp³-hybridized carbons (Fsp3) is 0.481. The highest BCUT2D eigenvalue weighted by Crippen LogP contribution is 2.59. The van der Waals surface area contributed by atoms with E-state index in [2.05, 4.69) is 15.2 Å². The van der Waals surface area contributed by atoms with Crippen molar-refractivity contribution in [1.82, 2.24) is 20.1 Å². The Hall–Kier alpha value is -3.89. The fourth-order valence-electron chi connectivity index (χ4n) is 5.25. The number of pyridine rings is 1. The van der Waals surface area contributed by atoms with E-state index < -0.39 is 82.8 Å². The van der Waals surface area contributed by atoms with E-state index in [1.807, 2.05) is 0 Å². The van der Waals surface area contributed by atoms with Crippen molar-refractivity contribution in [2.45, 2.75) is 74.6 Å². The second-order valence-corrected chi connectivity index (χ2v) is 10.9. The van der Waals surface area contributed by atoms with Gasteiger partial charge in [-0.2, -0.15) is 39.5 Å². The van der Waals surface area contributed by atoms with Gasteiger partial charge in [0.15, 0.2) is 5.69 Å². The molecule has 2 aromatic heterocycles. The molecule has 4 bridgehead atoms. The maximum Gasteiger partial charge on any atom is 0.426 e. The van der Waals surface area contributed by atoms with E-state index in [9.17, 15) is 49.4 Å². The molecule has 5 rings (SSSR count). The first-order chi connectivity index (χ1) is 20.4. The van der Waals surface area contributed by atoms with E-state index in [1.165, 1.54) is 24.3 Å². The van der Waals surface area contributed by atoms with Crippen LogP contribution in [0.5, 0.6) is 0 Å². The van der Waals surface area contributed by atoms with Crippen molar-refractivity contribution >= 4 is 11.6 Å². The standard InChI is InChI=1S/C27H24F9N5O3/c28-25(29,30)16-12-17(37)19-20-39-40-22(44-20)24(43,27(34,35)36)7-2-1-3-10-41(21(42)18(16)38-19)13-14-5-4-6-15(11-14)23(8-9-23)26(31,32)33/h4-6,11-12,43H,1-3,7-10,13,37H2/t24-/m1/s1. The predicted molar refractivity (Wildman–Crippen MR) is 134 cm³/mol. The number of hydrogen-bond acceptors (Lipinski definition) is 7. The Morgan fingerprint density at radius 2 is 1.61 bits per heavy atom. The molecule has 17 heteroatoms. The van der Waals surface area contributed by atoms with Crippen LogP contribution in [-0.2, 0) is 23.7 Å². The summed E-state index contributed by atoms with van der Waals surface area (Å²) in [5, 5.41) is 17.2. The number of aliphatic hydroxyl groups is 1. The van der Waals surface area contributed by atoms with Gasteiger partial charge in [-0.15, -0.1) is 10.2 Å². The fourth-order valence-corrected chi connectivity index (χ4v) is 5.25. The number of benzene rings is 1. The molecule has 0 spiro atoms. The SMILES string of the molecule is Nc1cc(C(F)(F)F)c2nc1-c1nnc(o1)[C@@](O)(C(F)(F)F)CCCCCN(Cc1cccc(C3(C(F)(F)F)CC3)c1)C2=O. The Morgan fingerprint density at radius 3 is 2.23 bits per heavy atom. The molecule has 1 aliphatic carbocycles. The van der Waals surface area contributed by atoms with E-state index in [0.29, 0.717) is 6.07 Å². The summed E-state index contributed by atoms with van der Waals surface area (Å²) in [7, 11) is 0. The second kappa shape index (κ2) is 10.6. The quantitative estimate of drug-likeness (QED) is 0.324. The van der Waals surface area contributed by atoms with E-state index in [4.69, 9.17) is 10.2 Å². The lowest BCUT2D eigenvalue weighted by Crippen LogP contribution is -2.42. The number of carbonyl (C=O) groups is 1. The number of alkyl halides is 9. The van der Waals surface area contributed by atoms with Crippen molar-refractivity contribution in [3.05, 3.63) is 58.6 Å². The largest absolute Gasteiger partial charge is 0.426 e. The van der Waals surface area contributed by atoms with Crippen molar-refractivity contribution in [1.29, 1.82) is 0 Å². The lowest BCUT2D eigenvalue weighted by atomic mass is 9.93. The van der Waals surface area contributed by atoms with Crippen molar-refractivity contribution in [3.63, 3.8) is 0 Å². The molecule has 44 heavy (non-hydrogen) atoms. The van der Waals surface area contributed by atoms with Crippen molar-refractivity contribution in [2.24, 2.45) is 0 Å². The molecule has 1 saturated carbocycles. The molecule has 238 valence electrons. The van der Waals surface area contributed by atoms with Gasteiger partial charge in [-0.25, -0.2) is 4.98 Å². The number of nitrogens with two attached hydrogens (primary N) is 1. The zero-order chi connectivity index (χ0) is 32.3. The van der Waals surface area contributed by atoms with Gasteiger partial charge in [-0.05, 0) is 49.3 Å². The Labute approximate surface area is 243 Å². The zero-order valence-corrected chi connectivity index (χ0v) is 22.6. The Balaban J connectivity index is 1.59. The van der Waals surface area contributed by atoms with E-state index in [0.717, 1.165) is 4.90 Å². The molecular formula is C27H24F9N5O3. The first-order valence-electron chi connectivity index (χ1n) is 13.3. The van der Waals surface area contributed by atoms with E-state index in [-0.39, 0.29) is 49.8 Å². The summed E-state index contributed by atoms with van der Waals surface area (Å²) in [6.07, 6.45) is -16.5. The van der Waals surface area contributed by atoms with Crippen LogP contribution in [0.1, 0.15) is 71.6 Å². The lowest BCUT2D eigenvalue weighted by Gasteiger charge is -2.28. The minimum atomic E-state index is -5.28. The zero-order valence-electron chi connectivity index (χ0n) is 22.6. The average molecular weight is 638 g/mol. The molecule has 2 aliphatic rings.